The average molecular weight is 386 g/mol. The summed E-state index contributed by atoms with van der Waals surface area (Å²) in [5.41, 5.74) is 14.6. The highest BCUT2D eigenvalue weighted by molar-refractivity contribution is 7.69. The second-order valence-corrected chi connectivity index (χ2v) is 31.7. The lowest BCUT2D eigenvalue weighted by atomic mass is 11.3. The third-order valence-electron chi connectivity index (χ3n) is 2.54. The number of hydrogen-bond acceptors (Lipinski definition) is 1. The maximum atomic E-state index is 3.67. The predicted molar refractivity (Wildman–Crippen MR) is 118 cm³/mol. The lowest BCUT2D eigenvalue weighted by molar-refractivity contribution is 0.986. The molecule has 0 spiro atoms. The summed E-state index contributed by atoms with van der Waals surface area (Å²) >= 11 is 0. The Morgan fingerprint density at radius 3 is 1.00 bits per heavy atom. The van der Waals surface area contributed by atoms with Crippen molar-refractivity contribution < 1.29 is 0 Å². The molecule has 0 radical (unpaired) electrons. The molecule has 0 atom stereocenters. The van der Waals surface area contributed by atoms with Crippen LogP contribution in [0, 0.1) is 22.4 Å². The van der Waals surface area contributed by atoms with Crippen molar-refractivity contribution in [2.45, 2.75) is 78.6 Å². The molecule has 0 aromatic heterocycles. The summed E-state index contributed by atoms with van der Waals surface area (Å²) in [6, 6.07) is 0. The van der Waals surface area contributed by atoms with Gasteiger partial charge in [0, 0.05) is 0 Å². The van der Waals surface area contributed by atoms with E-state index >= 15 is 0 Å². The number of rotatable bonds is 3. The molecule has 0 saturated carbocycles. The van der Waals surface area contributed by atoms with E-state index in [0.29, 0.717) is 0 Å². The summed E-state index contributed by atoms with van der Waals surface area (Å²) in [4.78, 5) is 0. The lowest BCUT2D eigenvalue weighted by Gasteiger charge is -2.44. The molecule has 0 aliphatic heterocycles. The summed E-state index contributed by atoms with van der Waals surface area (Å²) in [6.07, 6.45) is 0. The zero-order chi connectivity index (χ0) is 18.0. The summed E-state index contributed by atoms with van der Waals surface area (Å²) in [7, 11) is -6.19. The van der Waals surface area contributed by atoms with Crippen molar-refractivity contribution in [2.75, 3.05) is 0 Å². The lowest BCUT2D eigenvalue weighted by Crippen LogP contribution is -2.55. The molecule has 22 heavy (non-hydrogen) atoms. The minimum Gasteiger partial charge on any atom is -0.305 e. The molecule has 0 fully saturated rings. The van der Waals surface area contributed by atoms with Gasteiger partial charge in [-0.15, -0.1) is 11.1 Å². The standard InChI is InChI=1S/C16H36NPSi4/c1-19(2,3)15-13-18(14-16-20(4,5)6)17(21(7,8)9)22(10,11)12/h1-12H3. The van der Waals surface area contributed by atoms with Gasteiger partial charge in [0.05, 0.1) is 0 Å². The van der Waals surface area contributed by atoms with E-state index in [9.17, 15) is 0 Å². The maximum absolute atomic E-state index is 3.67. The summed E-state index contributed by atoms with van der Waals surface area (Å²) in [5.74, 6) is 0. The molecule has 0 heterocycles. The molecule has 6 heteroatoms. The van der Waals surface area contributed by atoms with Crippen LogP contribution in [0.4, 0.5) is 0 Å². The van der Waals surface area contributed by atoms with Crippen LogP contribution in [-0.4, -0.2) is 36.6 Å². The Morgan fingerprint density at radius 1 is 0.545 bits per heavy atom. The Hall–Kier alpha value is 0.378. The minimum absolute atomic E-state index is 0.625. The van der Waals surface area contributed by atoms with E-state index in [2.05, 4.69) is 105 Å². The highest BCUT2D eigenvalue weighted by Crippen LogP contribution is 2.46. The van der Waals surface area contributed by atoms with Gasteiger partial charge in [-0.3, -0.25) is 0 Å². The first-order chi connectivity index (χ1) is 9.43. The van der Waals surface area contributed by atoms with Gasteiger partial charge in [0.15, 0.2) is 0 Å². The quantitative estimate of drug-likeness (QED) is 0.325. The Bertz CT molecular complexity index is 450. The molecule has 0 unspecified atom stereocenters. The topological polar surface area (TPSA) is 3.24 Å². The molecule has 1 nitrogen and oxygen atoms in total. The van der Waals surface area contributed by atoms with Crippen LogP contribution in [-0.2, 0) is 0 Å². The highest BCUT2D eigenvalue weighted by atomic mass is 31.1. The molecule has 0 rings (SSSR count). The van der Waals surface area contributed by atoms with Gasteiger partial charge in [-0.05, 0) is 0 Å². The van der Waals surface area contributed by atoms with Crippen LogP contribution in [0.5, 0.6) is 0 Å². The molecule has 0 amide bonds. The van der Waals surface area contributed by atoms with Crippen LogP contribution in [0.3, 0.4) is 0 Å². The fourth-order valence-electron chi connectivity index (χ4n) is 2.18. The van der Waals surface area contributed by atoms with E-state index < -0.39 is 40.7 Å². The fourth-order valence-corrected chi connectivity index (χ4v) is 19.4. The zero-order valence-corrected chi connectivity index (χ0v) is 21.8. The smallest absolute Gasteiger partial charge is 0.129 e. The van der Waals surface area contributed by atoms with Crippen LogP contribution in [0.1, 0.15) is 0 Å². The van der Waals surface area contributed by atoms with Crippen LogP contribution in [0.25, 0.3) is 0 Å². The number of hydrogen-bond donors (Lipinski definition) is 0. The van der Waals surface area contributed by atoms with Gasteiger partial charge < -0.3 is 4.00 Å². The van der Waals surface area contributed by atoms with Gasteiger partial charge in [0.2, 0.25) is 0 Å². The minimum atomic E-state index is -1.43. The predicted octanol–water partition coefficient (Wildman–Crippen LogP) is 6.03. The van der Waals surface area contributed by atoms with Crippen molar-refractivity contribution in [2.24, 2.45) is 0 Å². The van der Waals surface area contributed by atoms with E-state index in [-0.39, 0.29) is 0 Å². The number of nitrogens with zero attached hydrogens (tertiary/aromatic N) is 1. The van der Waals surface area contributed by atoms with E-state index in [4.69, 9.17) is 0 Å². The molecule has 0 aromatic rings. The normalized spacial score (nSPS) is 13.5. The molecule has 0 aliphatic rings. The van der Waals surface area contributed by atoms with Crippen LogP contribution in [0.2, 0.25) is 78.6 Å². The van der Waals surface area contributed by atoms with Gasteiger partial charge in [-0.25, -0.2) is 0 Å². The highest BCUT2D eigenvalue weighted by Gasteiger charge is 2.39. The van der Waals surface area contributed by atoms with Crippen molar-refractivity contribution >= 4 is 40.7 Å². The first kappa shape index (κ1) is 22.4. The molecule has 0 aromatic carbocycles. The molecular formula is C16H36NPSi4. The molecule has 0 saturated heterocycles. The summed E-state index contributed by atoms with van der Waals surface area (Å²) < 4.78 is 2.82. The Labute approximate surface area is 145 Å². The fraction of sp³-hybridized carbons (Fsp3) is 0.750. The SMILES string of the molecule is C[Si](C)(C)C#CP(C#C[Si](C)(C)C)N([Si](C)(C)C)[Si](C)(C)C. The second kappa shape index (κ2) is 7.51. The van der Waals surface area contributed by atoms with Crippen molar-refractivity contribution in [3.05, 3.63) is 0 Å². The first-order valence-electron chi connectivity index (χ1n) is 8.09. The van der Waals surface area contributed by atoms with E-state index in [1.54, 1.807) is 0 Å². The van der Waals surface area contributed by atoms with Gasteiger partial charge in [0.25, 0.3) is 0 Å². The largest absolute Gasteiger partial charge is 0.305 e. The third kappa shape index (κ3) is 9.50. The van der Waals surface area contributed by atoms with Crippen molar-refractivity contribution in [3.8, 4) is 22.4 Å². The summed E-state index contributed by atoms with van der Waals surface area (Å²) in [5, 5.41) is 0. The average Bonchev–Trinajstić information content (AvgIpc) is 2.15. The van der Waals surface area contributed by atoms with E-state index in [0.717, 1.165) is 0 Å². The van der Waals surface area contributed by atoms with Gasteiger partial charge in [-0.2, -0.15) is 0 Å². The monoisotopic (exact) mass is 385 g/mol. The Morgan fingerprint density at radius 2 is 0.818 bits per heavy atom. The Kier molecular flexibility index (Phi) is 7.64. The van der Waals surface area contributed by atoms with E-state index in [1.165, 1.54) is 0 Å². The van der Waals surface area contributed by atoms with Crippen LogP contribution < -0.4 is 0 Å². The molecular weight excluding hydrogens is 350 g/mol. The van der Waals surface area contributed by atoms with Gasteiger partial charge in [-0.1, -0.05) is 89.9 Å². The van der Waals surface area contributed by atoms with Crippen molar-refractivity contribution in [1.29, 1.82) is 0 Å². The molecule has 0 bridgehead atoms. The molecule has 0 aliphatic carbocycles. The van der Waals surface area contributed by atoms with Crippen LogP contribution in [0.15, 0.2) is 0 Å². The van der Waals surface area contributed by atoms with Gasteiger partial charge >= 0.3 is 0 Å². The zero-order valence-electron chi connectivity index (χ0n) is 16.9. The Balaban J connectivity index is 6.00. The molecule has 126 valence electrons. The van der Waals surface area contributed by atoms with Gasteiger partial charge in [0.1, 0.15) is 40.7 Å². The maximum Gasteiger partial charge on any atom is 0.129 e. The molecule has 0 N–H and O–H groups in total. The second-order valence-electron chi connectivity index (χ2n) is 9.94. The van der Waals surface area contributed by atoms with E-state index in [1.807, 2.05) is 0 Å². The van der Waals surface area contributed by atoms with Crippen molar-refractivity contribution in [1.82, 2.24) is 4.00 Å². The third-order valence-corrected chi connectivity index (χ3v) is 17.1. The van der Waals surface area contributed by atoms with Crippen LogP contribution >= 0.6 is 8.07 Å². The van der Waals surface area contributed by atoms with Crippen molar-refractivity contribution in [3.63, 3.8) is 0 Å². The summed E-state index contributed by atoms with van der Waals surface area (Å²) in [6.45, 7) is 28.7. The first-order valence-corrected chi connectivity index (χ1v) is 23.3.